The van der Waals surface area contributed by atoms with E-state index in [-0.39, 0.29) is 22.0 Å². The lowest BCUT2D eigenvalue weighted by molar-refractivity contribution is -0.129. The van der Waals surface area contributed by atoms with Gasteiger partial charge in [-0.3, -0.25) is 19.3 Å². The highest BCUT2D eigenvalue weighted by molar-refractivity contribution is 8.26. The fourth-order valence-corrected chi connectivity index (χ4v) is 4.65. The van der Waals surface area contributed by atoms with E-state index in [1.165, 1.54) is 29.2 Å². The molecule has 2 aliphatic heterocycles. The predicted molar refractivity (Wildman–Crippen MR) is 116 cm³/mol. The van der Waals surface area contributed by atoms with Gasteiger partial charge in [-0.25, -0.2) is 9.69 Å². The maximum Gasteiger partial charge on any atom is 0.335 e. The van der Waals surface area contributed by atoms with E-state index >= 15 is 0 Å². The molecule has 2 fully saturated rings. The number of nitrogens with zero attached hydrogens (tertiary/aromatic N) is 2. The molecule has 1 atom stereocenters. The Morgan fingerprint density at radius 2 is 1.73 bits per heavy atom. The van der Waals surface area contributed by atoms with Crippen molar-refractivity contribution in [2.24, 2.45) is 0 Å². The van der Waals surface area contributed by atoms with Crippen LogP contribution in [0.2, 0.25) is 0 Å². The molecule has 4 rings (SSSR count). The molecule has 2 saturated heterocycles. The fraction of sp³-hybridized carbons (Fsp3) is 0.0952. The highest BCUT2D eigenvalue weighted by Gasteiger charge is 2.48. The first-order chi connectivity index (χ1) is 14.4. The summed E-state index contributed by atoms with van der Waals surface area (Å²) in [4.78, 5) is 52.0. The normalized spacial score (nSPS) is 20.5. The summed E-state index contributed by atoms with van der Waals surface area (Å²) in [6.45, 7) is 0. The van der Waals surface area contributed by atoms with Gasteiger partial charge in [0.05, 0.1) is 22.6 Å². The molecule has 0 aromatic heterocycles. The maximum atomic E-state index is 13.0. The molecule has 2 aliphatic rings. The number of carbonyl (C=O) groups is 4. The molecule has 0 aliphatic carbocycles. The van der Waals surface area contributed by atoms with Crippen molar-refractivity contribution < 1.29 is 24.3 Å². The van der Waals surface area contributed by atoms with Gasteiger partial charge in [-0.1, -0.05) is 54.3 Å². The highest BCUT2D eigenvalue weighted by atomic mass is 32.2. The largest absolute Gasteiger partial charge is 0.478 e. The van der Waals surface area contributed by atoms with Gasteiger partial charge >= 0.3 is 5.97 Å². The summed E-state index contributed by atoms with van der Waals surface area (Å²) in [5.41, 5.74) is 1.12. The van der Waals surface area contributed by atoms with Crippen molar-refractivity contribution in [1.82, 2.24) is 4.90 Å². The zero-order valence-electron chi connectivity index (χ0n) is 15.3. The molecule has 0 spiro atoms. The van der Waals surface area contributed by atoms with Gasteiger partial charge in [-0.15, -0.1) is 0 Å². The van der Waals surface area contributed by atoms with Crippen LogP contribution in [0, 0.1) is 0 Å². The van der Waals surface area contributed by atoms with Crippen LogP contribution in [0.25, 0.3) is 6.08 Å². The summed E-state index contributed by atoms with van der Waals surface area (Å²) in [5.74, 6) is -2.57. The number of thiocarbonyl (C=S) groups is 1. The number of benzene rings is 2. The van der Waals surface area contributed by atoms with Crippen LogP contribution in [0.4, 0.5) is 5.69 Å². The van der Waals surface area contributed by atoms with Crippen LogP contribution in [0.1, 0.15) is 22.3 Å². The van der Waals surface area contributed by atoms with Crippen molar-refractivity contribution in [2.45, 2.75) is 12.5 Å². The first-order valence-electron chi connectivity index (χ1n) is 8.89. The van der Waals surface area contributed by atoms with E-state index in [4.69, 9.17) is 17.3 Å². The van der Waals surface area contributed by atoms with Gasteiger partial charge in [0.25, 0.3) is 11.8 Å². The molecule has 9 heteroatoms. The molecule has 7 nitrogen and oxygen atoms in total. The third-order valence-electron chi connectivity index (χ3n) is 4.73. The van der Waals surface area contributed by atoms with E-state index in [0.29, 0.717) is 4.91 Å². The molecule has 0 bridgehead atoms. The number of thioether (sulfide) groups is 1. The molecule has 1 unspecified atom stereocenters. The maximum absolute atomic E-state index is 13.0. The lowest BCUT2D eigenvalue weighted by Crippen LogP contribution is -2.44. The van der Waals surface area contributed by atoms with E-state index in [0.717, 1.165) is 22.2 Å². The van der Waals surface area contributed by atoms with Crippen LogP contribution < -0.4 is 4.90 Å². The summed E-state index contributed by atoms with van der Waals surface area (Å²) in [7, 11) is 0. The van der Waals surface area contributed by atoms with Gasteiger partial charge in [0.2, 0.25) is 5.91 Å². The molecule has 0 saturated carbocycles. The minimum atomic E-state index is -1.11. The van der Waals surface area contributed by atoms with E-state index in [2.05, 4.69) is 0 Å². The lowest BCUT2D eigenvalue weighted by atomic mass is 10.2. The number of anilines is 1. The van der Waals surface area contributed by atoms with Crippen LogP contribution in [-0.4, -0.2) is 44.1 Å². The number of carboxylic acid groups (broad SMARTS) is 1. The van der Waals surface area contributed by atoms with Crippen molar-refractivity contribution in [3.05, 3.63) is 70.6 Å². The molecule has 2 aromatic carbocycles. The van der Waals surface area contributed by atoms with Gasteiger partial charge in [0.15, 0.2) is 0 Å². The van der Waals surface area contributed by atoms with Crippen LogP contribution >= 0.6 is 24.0 Å². The van der Waals surface area contributed by atoms with Crippen molar-refractivity contribution in [3.63, 3.8) is 0 Å². The summed E-state index contributed by atoms with van der Waals surface area (Å²) in [6.07, 6.45) is 1.51. The first-order valence-corrected chi connectivity index (χ1v) is 10.1. The Balaban J connectivity index is 1.59. The van der Waals surface area contributed by atoms with Crippen LogP contribution in [0.5, 0.6) is 0 Å². The zero-order valence-corrected chi connectivity index (χ0v) is 17.0. The molecular formula is C21H14N2O5S2. The quantitative estimate of drug-likeness (QED) is 0.446. The molecule has 0 radical (unpaired) electrons. The van der Waals surface area contributed by atoms with Gasteiger partial charge in [-0.2, -0.15) is 0 Å². The summed E-state index contributed by atoms with van der Waals surface area (Å²) >= 11 is 6.41. The Morgan fingerprint density at radius 3 is 2.37 bits per heavy atom. The van der Waals surface area contributed by atoms with Crippen molar-refractivity contribution in [2.75, 3.05) is 4.90 Å². The third-order valence-corrected chi connectivity index (χ3v) is 6.06. The average molecular weight is 438 g/mol. The van der Waals surface area contributed by atoms with E-state index in [1.54, 1.807) is 6.08 Å². The number of aromatic carboxylic acids is 1. The monoisotopic (exact) mass is 438 g/mol. The number of rotatable bonds is 4. The molecule has 3 amide bonds. The Kier molecular flexibility index (Phi) is 5.23. The number of amides is 3. The zero-order chi connectivity index (χ0) is 21.4. The summed E-state index contributed by atoms with van der Waals surface area (Å²) in [5, 5.41) is 9.01. The second-order valence-corrected chi connectivity index (χ2v) is 8.28. The number of hydrogen-bond donors (Lipinski definition) is 1. The smallest absolute Gasteiger partial charge is 0.335 e. The van der Waals surface area contributed by atoms with Crippen LogP contribution in [0.3, 0.4) is 0 Å². The topological polar surface area (TPSA) is 95.0 Å². The molecule has 150 valence electrons. The Bertz CT molecular complexity index is 1110. The van der Waals surface area contributed by atoms with Gasteiger partial charge < -0.3 is 5.11 Å². The van der Waals surface area contributed by atoms with Crippen LogP contribution in [0.15, 0.2) is 59.5 Å². The minimum Gasteiger partial charge on any atom is -0.478 e. The number of carbonyl (C=O) groups excluding carboxylic acids is 3. The number of hydrogen-bond acceptors (Lipinski definition) is 6. The number of imide groups is 1. The first kappa shape index (κ1) is 20.0. The minimum absolute atomic E-state index is 0.0392. The second kappa shape index (κ2) is 7.85. The number of carboxylic acids is 1. The Labute approximate surface area is 181 Å². The van der Waals surface area contributed by atoms with Gasteiger partial charge in [0, 0.05) is 0 Å². The lowest BCUT2D eigenvalue weighted by Gasteiger charge is -2.21. The van der Waals surface area contributed by atoms with Gasteiger partial charge in [-0.05, 0) is 35.9 Å². The van der Waals surface area contributed by atoms with E-state index in [1.807, 2.05) is 30.3 Å². The summed E-state index contributed by atoms with van der Waals surface area (Å²) in [6, 6.07) is 13.6. The SMILES string of the molecule is O=C(O)c1ccc(N2C(=O)CC(N3C(=O)/C(=C/c4ccccc4)SC3=S)C2=O)cc1. The average Bonchev–Trinajstić information content (AvgIpc) is 3.17. The van der Waals surface area contributed by atoms with Crippen molar-refractivity contribution in [3.8, 4) is 0 Å². The fourth-order valence-electron chi connectivity index (χ4n) is 3.29. The standard InChI is InChI=1S/C21H14N2O5S2/c24-17-11-15(18(25)22(17)14-8-6-13(7-9-14)20(27)28)23-19(26)16(30-21(23)29)10-12-4-2-1-3-5-12/h1-10,15H,11H2,(H,27,28)/b16-10-. The molecule has 2 heterocycles. The molecule has 1 N–H and O–H groups in total. The summed E-state index contributed by atoms with van der Waals surface area (Å²) < 4.78 is 0.219. The molecular weight excluding hydrogens is 424 g/mol. The Morgan fingerprint density at radius 1 is 1.07 bits per heavy atom. The van der Waals surface area contributed by atoms with Crippen molar-refractivity contribution in [1.29, 1.82) is 0 Å². The van der Waals surface area contributed by atoms with E-state index in [9.17, 15) is 19.2 Å². The molecule has 30 heavy (non-hydrogen) atoms. The van der Waals surface area contributed by atoms with E-state index < -0.39 is 29.7 Å². The van der Waals surface area contributed by atoms with Crippen LogP contribution in [-0.2, 0) is 14.4 Å². The predicted octanol–water partition coefficient (Wildman–Crippen LogP) is 2.92. The van der Waals surface area contributed by atoms with Crippen molar-refractivity contribution >= 4 is 63.8 Å². The molecule has 2 aromatic rings. The third kappa shape index (κ3) is 3.53. The second-order valence-electron chi connectivity index (χ2n) is 6.60. The highest BCUT2D eigenvalue weighted by Crippen LogP contribution is 2.37. The Hall–Kier alpha value is -3.30. The van der Waals surface area contributed by atoms with Gasteiger partial charge in [0.1, 0.15) is 10.4 Å².